The molecule has 0 heterocycles. The molecule has 0 aliphatic rings. The Bertz CT molecular complexity index is 23.6. The molecule has 1 N–H and O–H groups in total. The Labute approximate surface area is 46.0 Å². The summed E-state index contributed by atoms with van der Waals surface area (Å²) in [7, 11) is 9.50. The van der Waals surface area contributed by atoms with Crippen molar-refractivity contribution in [1.29, 1.82) is 0 Å². The summed E-state index contributed by atoms with van der Waals surface area (Å²) < 4.78 is 1.00. The van der Waals surface area contributed by atoms with Gasteiger partial charge in [0.1, 0.15) is 0 Å². The molecule has 0 amide bonds. The Morgan fingerprint density at radius 1 is 0.857 bits per heavy atom. The van der Waals surface area contributed by atoms with Crippen LogP contribution in [0.25, 0.3) is 0 Å². The van der Waals surface area contributed by atoms with Crippen LogP contribution in [0.4, 0.5) is 0 Å². The van der Waals surface area contributed by atoms with Gasteiger partial charge in [-0.05, 0) is 0 Å². The number of hydrogen-bond acceptors (Lipinski definition) is 1. The van der Waals surface area contributed by atoms with E-state index in [-0.39, 0.29) is 0 Å². The zero-order valence-electron chi connectivity index (χ0n) is 5.89. The number of nitrogens with zero attached hydrogens (tertiary/aromatic N) is 1. The van der Waals surface area contributed by atoms with Crippen LogP contribution in [0.1, 0.15) is 0 Å². The molecule has 0 saturated carbocycles. The van der Waals surface area contributed by atoms with E-state index in [1.54, 1.807) is 0 Å². The first-order chi connectivity index (χ1) is 3.00. The van der Waals surface area contributed by atoms with Gasteiger partial charge in [-0.2, -0.15) is 0 Å². The van der Waals surface area contributed by atoms with E-state index in [9.17, 15) is 0 Å². The first-order valence-electron chi connectivity index (χ1n) is 2.24. The van der Waals surface area contributed by atoms with Crippen molar-refractivity contribution in [2.75, 3.05) is 35.3 Å². The average Bonchev–Trinajstić information content (AvgIpc) is 1.36. The van der Waals surface area contributed by atoms with Gasteiger partial charge in [-0.25, -0.2) is 0 Å². The summed E-state index contributed by atoms with van der Waals surface area (Å²) in [6.07, 6.45) is 0. The summed E-state index contributed by atoms with van der Waals surface area (Å²) in [4.78, 5) is 0. The second-order valence-electron chi connectivity index (χ2n) is 2.68. The molecule has 0 spiro atoms. The summed E-state index contributed by atoms with van der Waals surface area (Å²) in [5.41, 5.74) is 0. The van der Waals surface area contributed by atoms with Crippen LogP contribution >= 0.6 is 0 Å². The van der Waals surface area contributed by atoms with Crippen molar-refractivity contribution in [3.05, 3.63) is 0 Å². The van der Waals surface area contributed by atoms with Crippen LogP contribution in [0.2, 0.25) is 0 Å². The molecule has 0 bridgehead atoms. The maximum Gasteiger partial charge on any atom is 0.0675 e. The van der Waals surface area contributed by atoms with E-state index < -0.39 is 0 Å². The lowest BCUT2D eigenvalue weighted by molar-refractivity contribution is -0.849. The van der Waals surface area contributed by atoms with E-state index in [0.717, 1.165) is 11.6 Å². The molecule has 0 aliphatic heterocycles. The number of quaternary nitrogens is 1. The molecular formula is C5H16NO+. The number of hydrogen-bond donors (Lipinski definition) is 1. The summed E-state index contributed by atoms with van der Waals surface area (Å²) >= 11 is 0. The van der Waals surface area contributed by atoms with Crippen LogP contribution in [-0.4, -0.2) is 44.9 Å². The van der Waals surface area contributed by atoms with Gasteiger partial charge in [-0.15, -0.1) is 0 Å². The lowest BCUT2D eigenvalue weighted by atomic mass is 10.8. The van der Waals surface area contributed by atoms with E-state index in [1.165, 1.54) is 0 Å². The molecule has 46 valence electrons. The number of rotatable bonds is 0. The summed E-state index contributed by atoms with van der Waals surface area (Å²) in [5.74, 6) is 0. The Balaban J connectivity index is 0. The van der Waals surface area contributed by atoms with E-state index in [0.29, 0.717) is 0 Å². The topological polar surface area (TPSA) is 20.2 Å². The van der Waals surface area contributed by atoms with Crippen molar-refractivity contribution in [2.45, 2.75) is 0 Å². The minimum atomic E-state index is 1.00. The molecule has 0 fully saturated rings. The lowest BCUT2D eigenvalue weighted by Gasteiger charge is -2.14. The maximum absolute atomic E-state index is 7.00. The van der Waals surface area contributed by atoms with Gasteiger partial charge in [-0.1, -0.05) is 0 Å². The van der Waals surface area contributed by atoms with Crippen molar-refractivity contribution in [2.24, 2.45) is 0 Å². The van der Waals surface area contributed by atoms with Crippen LogP contribution in [0.5, 0.6) is 0 Å². The molecule has 0 aromatic rings. The number of aliphatic hydroxyl groups is 1. The third-order valence-electron chi connectivity index (χ3n) is 0. The Morgan fingerprint density at radius 2 is 0.857 bits per heavy atom. The highest BCUT2D eigenvalue weighted by atomic mass is 16.2. The first kappa shape index (κ1) is 10.0. The van der Waals surface area contributed by atoms with Crippen LogP contribution < -0.4 is 0 Å². The fourth-order valence-corrected chi connectivity index (χ4v) is 0. The van der Waals surface area contributed by atoms with Crippen molar-refractivity contribution in [1.82, 2.24) is 0 Å². The van der Waals surface area contributed by atoms with Gasteiger partial charge in [0.05, 0.1) is 28.2 Å². The first-order valence-corrected chi connectivity index (χ1v) is 2.24. The van der Waals surface area contributed by atoms with Crippen molar-refractivity contribution in [3.63, 3.8) is 0 Å². The molecule has 0 atom stereocenters. The molecule has 0 aliphatic carbocycles. The van der Waals surface area contributed by atoms with Gasteiger partial charge in [0, 0.05) is 7.11 Å². The minimum absolute atomic E-state index is 1.00. The van der Waals surface area contributed by atoms with E-state index in [4.69, 9.17) is 5.11 Å². The third kappa shape index (κ3) is 14200. The van der Waals surface area contributed by atoms with Crippen molar-refractivity contribution in [3.8, 4) is 0 Å². The zero-order chi connectivity index (χ0) is 6.50. The van der Waals surface area contributed by atoms with Gasteiger partial charge < -0.3 is 9.59 Å². The molecule has 0 aromatic carbocycles. The quantitative estimate of drug-likeness (QED) is 0.429. The molecular weight excluding hydrogens is 90.1 g/mol. The fraction of sp³-hybridized carbons (Fsp3) is 1.00. The van der Waals surface area contributed by atoms with Gasteiger partial charge >= 0.3 is 0 Å². The van der Waals surface area contributed by atoms with Crippen molar-refractivity contribution >= 4 is 0 Å². The van der Waals surface area contributed by atoms with Crippen LogP contribution in [0.15, 0.2) is 0 Å². The molecule has 2 heteroatoms. The van der Waals surface area contributed by atoms with Gasteiger partial charge in [0.25, 0.3) is 0 Å². The highest BCUT2D eigenvalue weighted by Crippen LogP contribution is 1.73. The van der Waals surface area contributed by atoms with Gasteiger partial charge in [0.2, 0.25) is 0 Å². The minimum Gasteiger partial charge on any atom is -0.400 e. The van der Waals surface area contributed by atoms with Crippen LogP contribution in [0, 0.1) is 0 Å². The largest absolute Gasteiger partial charge is 0.400 e. The Morgan fingerprint density at radius 3 is 0.857 bits per heavy atom. The monoisotopic (exact) mass is 106 g/mol. The average molecular weight is 106 g/mol. The second kappa shape index (κ2) is 4.09. The maximum atomic E-state index is 7.00. The van der Waals surface area contributed by atoms with Crippen LogP contribution in [-0.2, 0) is 0 Å². The predicted octanol–water partition coefficient (Wildman–Crippen LogP) is -0.0691. The summed E-state index contributed by atoms with van der Waals surface area (Å²) in [5, 5.41) is 7.00. The Hall–Kier alpha value is -0.0800. The molecule has 2 nitrogen and oxygen atoms in total. The highest BCUT2D eigenvalue weighted by Gasteiger charge is 1.88. The highest BCUT2D eigenvalue weighted by molar-refractivity contribution is 3.87. The molecule has 0 unspecified atom stereocenters. The third-order valence-corrected chi connectivity index (χ3v) is 0. The molecule has 0 aromatic heterocycles. The van der Waals surface area contributed by atoms with Crippen LogP contribution in [0.3, 0.4) is 0 Å². The fourth-order valence-electron chi connectivity index (χ4n) is 0. The normalized spacial score (nSPS) is 9.43. The summed E-state index contributed by atoms with van der Waals surface area (Å²) in [6, 6.07) is 0. The second-order valence-corrected chi connectivity index (χ2v) is 2.68. The van der Waals surface area contributed by atoms with E-state index in [1.807, 2.05) is 0 Å². The number of aliphatic hydroxyl groups excluding tert-OH is 1. The molecule has 7 heavy (non-hydrogen) atoms. The smallest absolute Gasteiger partial charge is 0.0675 e. The standard InChI is InChI=1S/C4H12N.CH4O/c1-5(2,3)4;1-2/h1-4H3;2H,1H3/q+1;. The van der Waals surface area contributed by atoms with Gasteiger partial charge in [-0.3, -0.25) is 0 Å². The molecule has 0 rings (SSSR count). The predicted molar refractivity (Wildman–Crippen MR) is 32.1 cm³/mol. The van der Waals surface area contributed by atoms with Crippen molar-refractivity contribution < 1.29 is 9.59 Å². The summed E-state index contributed by atoms with van der Waals surface area (Å²) in [6.45, 7) is 0. The van der Waals surface area contributed by atoms with E-state index in [2.05, 4.69) is 28.2 Å². The van der Waals surface area contributed by atoms with Gasteiger partial charge in [0.15, 0.2) is 0 Å². The SMILES string of the molecule is CO.C[N+](C)(C)C. The lowest BCUT2D eigenvalue weighted by Crippen LogP contribution is -2.27. The Kier molecular flexibility index (Phi) is 5.85. The molecule has 0 saturated heterocycles. The zero-order valence-corrected chi connectivity index (χ0v) is 5.89. The molecule has 0 radical (unpaired) electrons. The van der Waals surface area contributed by atoms with E-state index >= 15 is 0 Å².